The third kappa shape index (κ3) is 1.31. The minimum absolute atomic E-state index is 0.894. The highest BCUT2D eigenvalue weighted by Gasteiger charge is 2.07. The third-order valence-corrected chi connectivity index (χ3v) is 1.84. The maximum atomic E-state index is 8.34. The Bertz CT molecular complexity index is 248. The second-order valence-corrected chi connectivity index (χ2v) is 2.52. The Balaban J connectivity index is 2.82. The number of rotatable bonds is 2. The van der Waals surface area contributed by atoms with Gasteiger partial charge in [0.25, 0.3) is 0 Å². The molecule has 52 valence electrons. The van der Waals surface area contributed by atoms with Crippen molar-refractivity contribution in [2.75, 3.05) is 0 Å². The number of hydrogen-bond donors (Lipinski definition) is 1. The highest BCUT2D eigenvalue weighted by Crippen LogP contribution is 2.06. The number of aromatic nitrogens is 2. The fourth-order valence-corrected chi connectivity index (χ4v) is 1.25. The van der Waals surface area contributed by atoms with Gasteiger partial charge in [-0.1, -0.05) is 0 Å². The van der Waals surface area contributed by atoms with Gasteiger partial charge in [0.05, 0.1) is 18.3 Å². The lowest BCUT2D eigenvalue weighted by atomic mass is 10.7. The van der Waals surface area contributed by atoms with Gasteiger partial charge in [-0.3, -0.25) is 0 Å². The van der Waals surface area contributed by atoms with Gasteiger partial charge in [-0.25, -0.2) is 9.55 Å². The highest BCUT2D eigenvalue weighted by atomic mass is 32.2. The van der Waals surface area contributed by atoms with Crippen LogP contribution >= 0.6 is 11.8 Å². The van der Waals surface area contributed by atoms with Crippen LogP contribution in [0.3, 0.4) is 0 Å². The number of aryl methyl sites for hydroxylation is 1. The SMILES string of the molecule is CC[n+]1cc[nH]c1SC#N. The number of thioether (sulfide) groups is 1. The van der Waals surface area contributed by atoms with Crippen molar-refractivity contribution < 1.29 is 4.57 Å². The van der Waals surface area contributed by atoms with Crippen LogP contribution in [0.15, 0.2) is 17.6 Å². The predicted molar refractivity (Wildman–Crippen MR) is 38.1 cm³/mol. The van der Waals surface area contributed by atoms with Crippen LogP contribution in [0.2, 0.25) is 0 Å². The maximum absolute atomic E-state index is 8.34. The second kappa shape index (κ2) is 3.28. The van der Waals surface area contributed by atoms with Crippen molar-refractivity contribution in [3.8, 4) is 5.40 Å². The molecule has 0 atom stereocenters. The molecule has 0 saturated carbocycles. The van der Waals surface area contributed by atoms with E-state index in [1.807, 2.05) is 29.3 Å². The maximum Gasteiger partial charge on any atom is 0.330 e. The summed E-state index contributed by atoms with van der Waals surface area (Å²) in [6.45, 7) is 2.93. The van der Waals surface area contributed by atoms with E-state index in [0.29, 0.717) is 0 Å². The van der Waals surface area contributed by atoms with E-state index < -0.39 is 0 Å². The number of nitrogens with zero attached hydrogens (tertiary/aromatic N) is 2. The molecule has 0 unspecified atom stereocenters. The van der Waals surface area contributed by atoms with E-state index in [0.717, 1.165) is 23.5 Å². The monoisotopic (exact) mass is 154 g/mol. The van der Waals surface area contributed by atoms with E-state index in [9.17, 15) is 0 Å². The van der Waals surface area contributed by atoms with Gasteiger partial charge in [-0.2, -0.15) is 5.26 Å². The normalized spacial score (nSPS) is 9.20. The largest absolute Gasteiger partial charge is 0.330 e. The third-order valence-electron chi connectivity index (χ3n) is 1.21. The molecule has 10 heavy (non-hydrogen) atoms. The van der Waals surface area contributed by atoms with Crippen LogP contribution in [0, 0.1) is 10.7 Å². The molecule has 4 heteroatoms. The van der Waals surface area contributed by atoms with E-state index in [-0.39, 0.29) is 0 Å². The average Bonchev–Trinajstić information content (AvgIpc) is 2.36. The molecule has 0 aliphatic rings. The molecule has 1 heterocycles. The van der Waals surface area contributed by atoms with Crippen molar-refractivity contribution in [2.45, 2.75) is 18.6 Å². The standard InChI is InChI=1S/C6H7N3S/c1-2-9-4-3-8-6(9)10-5-7/h3-4H,2H2,1H3/p+1. The minimum Gasteiger partial charge on any atom is -0.237 e. The van der Waals surface area contributed by atoms with Gasteiger partial charge in [0.1, 0.15) is 17.8 Å². The number of H-pyrrole nitrogens is 1. The fraction of sp³-hybridized carbons (Fsp3) is 0.333. The molecule has 0 aromatic carbocycles. The van der Waals surface area contributed by atoms with Gasteiger partial charge >= 0.3 is 5.16 Å². The molecule has 1 N–H and O–H groups in total. The van der Waals surface area contributed by atoms with Gasteiger partial charge in [-0.15, -0.1) is 0 Å². The van der Waals surface area contributed by atoms with E-state index in [4.69, 9.17) is 5.26 Å². The summed E-state index contributed by atoms with van der Waals surface area (Å²) in [5.41, 5.74) is 0. The lowest BCUT2D eigenvalue weighted by Crippen LogP contribution is -2.31. The van der Waals surface area contributed by atoms with Crippen LogP contribution in [-0.4, -0.2) is 4.98 Å². The zero-order chi connectivity index (χ0) is 7.40. The van der Waals surface area contributed by atoms with Gasteiger partial charge < -0.3 is 0 Å². The molecule has 0 aliphatic carbocycles. The summed E-state index contributed by atoms with van der Waals surface area (Å²) in [6, 6.07) is 0. The van der Waals surface area contributed by atoms with Crippen molar-refractivity contribution in [1.82, 2.24) is 4.98 Å². The molecule has 0 aliphatic heterocycles. The topological polar surface area (TPSA) is 43.5 Å². The first-order valence-corrected chi connectivity index (χ1v) is 3.83. The van der Waals surface area contributed by atoms with Crippen molar-refractivity contribution in [3.63, 3.8) is 0 Å². The predicted octanol–water partition coefficient (Wildman–Crippen LogP) is 0.895. The van der Waals surface area contributed by atoms with Crippen molar-refractivity contribution in [3.05, 3.63) is 12.4 Å². The van der Waals surface area contributed by atoms with E-state index in [2.05, 4.69) is 4.98 Å². The summed E-state index contributed by atoms with van der Waals surface area (Å²) >= 11 is 1.15. The summed E-state index contributed by atoms with van der Waals surface area (Å²) in [6.07, 6.45) is 3.74. The smallest absolute Gasteiger partial charge is 0.237 e. The summed E-state index contributed by atoms with van der Waals surface area (Å²) in [5, 5.41) is 11.2. The fourth-order valence-electron chi connectivity index (χ4n) is 0.729. The van der Waals surface area contributed by atoms with Gasteiger partial charge in [0, 0.05) is 0 Å². The Labute approximate surface area is 63.7 Å². The Morgan fingerprint density at radius 2 is 2.70 bits per heavy atom. The summed E-state index contributed by atoms with van der Waals surface area (Å²) in [4.78, 5) is 2.96. The molecular weight excluding hydrogens is 146 g/mol. The van der Waals surface area contributed by atoms with Crippen molar-refractivity contribution >= 4 is 11.8 Å². The van der Waals surface area contributed by atoms with Crippen LogP contribution in [0.5, 0.6) is 0 Å². The average molecular weight is 154 g/mol. The number of aromatic amines is 1. The van der Waals surface area contributed by atoms with Crippen LogP contribution < -0.4 is 4.57 Å². The van der Waals surface area contributed by atoms with E-state index >= 15 is 0 Å². The van der Waals surface area contributed by atoms with Crippen LogP contribution in [0.4, 0.5) is 0 Å². The van der Waals surface area contributed by atoms with E-state index in [1.165, 1.54) is 0 Å². The Morgan fingerprint density at radius 3 is 3.30 bits per heavy atom. The van der Waals surface area contributed by atoms with Crippen LogP contribution in [0.25, 0.3) is 0 Å². The molecule has 0 saturated heterocycles. The Hall–Kier alpha value is -0.950. The first kappa shape index (κ1) is 7.16. The lowest BCUT2D eigenvalue weighted by molar-refractivity contribution is -0.728. The number of imidazole rings is 1. The summed E-state index contributed by atoms with van der Waals surface area (Å²) in [5.74, 6) is 0. The molecular formula is C6H8N3S+. The number of thiocyanates is 1. The summed E-state index contributed by atoms with van der Waals surface area (Å²) < 4.78 is 1.98. The first-order chi connectivity index (χ1) is 4.88. The quantitative estimate of drug-likeness (QED) is 0.390. The zero-order valence-electron chi connectivity index (χ0n) is 5.66. The molecule has 1 rings (SSSR count). The molecule has 3 nitrogen and oxygen atoms in total. The van der Waals surface area contributed by atoms with Gasteiger partial charge in [-0.05, 0) is 6.92 Å². The minimum atomic E-state index is 0.894. The second-order valence-electron chi connectivity index (χ2n) is 1.74. The number of nitriles is 1. The zero-order valence-corrected chi connectivity index (χ0v) is 6.48. The van der Waals surface area contributed by atoms with Gasteiger partial charge in [0.15, 0.2) is 0 Å². The Kier molecular flexibility index (Phi) is 2.35. The lowest BCUT2D eigenvalue weighted by Gasteiger charge is -1.87. The number of nitrogens with one attached hydrogen (secondary N) is 1. The van der Waals surface area contributed by atoms with Crippen LogP contribution in [-0.2, 0) is 6.54 Å². The summed E-state index contributed by atoms with van der Waals surface area (Å²) in [7, 11) is 0. The molecule has 0 spiro atoms. The molecule has 0 bridgehead atoms. The van der Waals surface area contributed by atoms with E-state index in [1.54, 1.807) is 0 Å². The highest BCUT2D eigenvalue weighted by molar-refractivity contribution is 8.03. The molecule has 0 amide bonds. The molecule has 0 fully saturated rings. The van der Waals surface area contributed by atoms with Crippen molar-refractivity contribution in [2.24, 2.45) is 0 Å². The molecule has 1 aromatic rings. The molecule has 0 radical (unpaired) electrons. The van der Waals surface area contributed by atoms with Crippen molar-refractivity contribution in [1.29, 1.82) is 5.26 Å². The number of hydrogen-bond acceptors (Lipinski definition) is 2. The molecule has 1 aromatic heterocycles. The Morgan fingerprint density at radius 1 is 1.90 bits per heavy atom. The first-order valence-electron chi connectivity index (χ1n) is 3.01. The van der Waals surface area contributed by atoms with Gasteiger partial charge in [0.2, 0.25) is 0 Å². The van der Waals surface area contributed by atoms with Crippen LogP contribution in [0.1, 0.15) is 6.92 Å².